The van der Waals surface area contributed by atoms with E-state index in [0.717, 1.165) is 13.0 Å². The van der Waals surface area contributed by atoms with Crippen LogP contribution in [-0.4, -0.2) is 22.4 Å². The average Bonchev–Trinajstić information content (AvgIpc) is 2.71. The predicted molar refractivity (Wildman–Crippen MR) is 81.3 cm³/mol. The Morgan fingerprint density at radius 3 is 2.68 bits per heavy atom. The van der Waals surface area contributed by atoms with Crippen LogP contribution in [0.5, 0.6) is 0 Å². The maximum Gasteiger partial charge on any atom is 0.0703 e. The fraction of sp³-hybridized carbons (Fsp3) is 0.562. The lowest BCUT2D eigenvalue weighted by Gasteiger charge is -2.14. The largest absolute Gasteiger partial charge is 0.314 e. The van der Waals surface area contributed by atoms with E-state index in [-0.39, 0.29) is 0 Å². The zero-order valence-electron chi connectivity index (χ0n) is 12.5. The number of aromatic nitrogens is 2. The highest BCUT2D eigenvalue weighted by molar-refractivity contribution is 5.81. The van der Waals surface area contributed by atoms with Crippen LogP contribution in [0.25, 0.3) is 10.9 Å². The maximum absolute atomic E-state index is 4.65. The SMILES string of the molecule is CC(CCc1nn(C)c2ccccc12)CNC(C)C. The minimum atomic E-state index is 0.568. The molecule has 0 aliphatic rings. The monoisotopic (exact) mass is 259 g/mol. The van der Waals surface area contributed by atoms with Crippen LogP contribution >= 0.6 is 0 Å². The molecule has 19 heavy (non-hydrogen) atoms. The number of benzene rings is 1. The third kappa shape index (κ3) is 3.57. The fourth-order valence-corrected chi connectivity index (χ4v) is 2.40. The van der Waals surface area contributed by atoms with Gasteiger partial charge in [0.05, 0.1) is 11.2 Å². The molecule has 3 nitrogen and oxygen atoms in total. The summed E-state index contributed by atoms with van der Waals surface area (Å²) in [4.78, 5) is 0. The van der Waals surface area contributed by atoms with Crippen LogP contribution in [0.4, 0.5) is 0 Å². The lowest BCUT2D eigenvalue weighted by atomic mass is 10.0. The van der Waals surface area contributed by atoms with Crippen LogP contribution in [0.1, 0.15) is 32.9 Å². The molecule has 1 aromatic carbocycles. The third-order valence-corrected chi connectivity index (χ3v) is 3.58. The van der Waals surface area contributed by atoms with Crippen molar-refractivity contribution in [1.29, 1.82) is 0 Å². The number of aryl methyl sites for hydroxylation is 2. The van der Waals surface area contributed by atoms with E-state index in [1.54, 1.807) is 0 Å². The number of para-hydroxylation sites is 1. The lowest BCUT2D eigenvalue weighted by Crippen LogP contribution is -2.28. The van der Waals surface area contributed by atoms with Crippen molar-refractivity contribution in [2.24, 2.45) is 13.0 Å². The zero-order valence-corrected chi connectivity index (χ0v) is 12.5. The van der Waals surface area contributed by atoms with Gasteiger partial charge in [0, 0.05) is 18.5 Å². The van der Waals surface area contributed by atoms with E-state index in [1.807, 2.05) is 11.7 Å². The number of rotatable bonds is 6. The molecule has 2 aromatic rings. The van der Waals surface area contributed by atoms with E-state index in [4.69, 9.17) is 0 Å². The number of hydrogen-bond acceptors (Lipinski definition) is 2. The van der Waals surface area contributed by atoms with Crippen molar-refractivity contribution in [2.75, 3.05) is 6.54 Å². The van der Waals surface area contributed by atoms with Gasteiger partial charge >= 0.3 is 0 Å². The van der Waals surface area contributed by atoms with Crippen molar-refractivity contribution in [2.45, 2.75) is 39.7 Å². The van der Waals surface area contributed by atoms with Gasteiger partial charge in [0.15, 0.2) is 0 Å². The maximum atomic E-state index is 4.65. The highest BCUT2D eigenvalue weighted by Crippen LogP contribution is 2.19. The van der Waals surface area contributed by atoms with E-state index in [1.165, 1.54) is 23.0 Å². The van der Waals surface area contributed by atoms with Gasteiger partial charge in [-0.1, -0.05) is 39.0 Å². The highest BCUT2D eigenvalue weighted by atomic mass is 15.3. The summed E-state index contributed by atoms with van der Waals surface area (Å²) in [5.41, 5.74) is 2.46. The van der Waals surface area contributed by atoms with Crippen LogP contribution in [0, 0.1) is 5.92 Å². The van der Waals surface area contributed by atoms with Gasteiger partial charge < -0.3 is 5.32 Å². The highest BCUT2D eigenvalue weighted by Gasteiger charge is 2.10. The first-order chi connectivity index (χ1) is 9.08. The Morgan fingerprint density at radius 1 is 1.21 bits per heavy atom. The molecule has 3 heteroatoms. The first-order valence-corrected chi connectivity index (χ1v) is 7.22. The van der Waals surface area contributed by atoms with E-state index in [2.05, 4.69) is 55.5 Å². The van der Waals surface area contributed by atoms with Crippen molar-refractivity contribution in [3.05, 3.63) is 30.0 Å². The minimum absolute atomic E-state index is 0.568. The molecule has 104 valence electrons. The third-order valence-electron chi connectivity index (χ3n) is 3.58. The van der Waals surface area contributed by atoms with Crippen LogP contribution in [0.3, 0.4) is 0 Å². The molecule has 1 aromatic heterocycles. The minimum Gasteiger partial charge on any atom is -0.314 e. The molecule has 2 rings (SSSR count). The molecule has 0 amide bonds. The van der Waals surface area contributed by atoms with E-state index in [9.17, 15) is 0 Å². The van der Waals surface area contributed by atoms with Crippen LogP contribution in [0.2, 0.25) is 0 Å². The van der Waals surface area contributed by atoms with Crippen molar-refractivity contribution in [3.8, 4) is 0 Å². The summed E-state index contributed by atoms with van der Waals surface area (Å²) in [6.45, 7) is 7.78. The summed E-state index contributed by atoms with van der Waals surface area (Å²) in [6, 6.07) is 9.04. The Balaban J connectivity index is 1.98. The number of hydrogen-bond donors (Lipinski definition) is 1. The molecule has 0 aliphatic heterocycles. The summed E-state index contributed by atoms with van der Waals surface area (Å²) in [7, 11) is 2.02. The van der Waals surface area contributed by atoms with E-state index in [0.29, 0.717) is 12.0 Å². The second-order valence-electron chi connectivity index (χ2n) is 5.79. The van der Waals surface area contributed by atoms with Crippen LogP contribution in [-0.2, 0) is 13.5 Å². The Bertz CT molecular complexity index is 528. The summed E-state index contributed by atoms with van der Waals surface area (Å²) in [6.07, 6.45) is 2.24. The zero-order chi connectivity index (χ0) is 13.8. The fourth-order valence-electron chi connectivity index (χ4n) is 2.40. The standard InChI is InChI=1S/C16H25N3/c1-12(2)17-11-13(3)9-10-15-14-7-5-6-8-16(14)19(4)18-15/h5-8,12-13,17H,9-11H2,1-4H3. The number of nitrogens with one attached hydrogen (secondary N) is 1. The molecule has 1 unspecified atom stereocenters. The first kappa shape index (κ1) is 14.1. The van der Waals surface area contributed by atoms with Gasteiger partial charge in [-0.3, -0.25) is 4.68 Å². The molecule has 0 saturated heterocycles. The van der Waals surface area contributed by atoms with Crippen molar-refractivity contribution < 1.29 is 0 Å². The second-order valence-corrected chi connectivity index (χ2v) is 5.79. The van der Waals surface area contributed by atoms with Gasteiger partial charge in [-0.25, -0.2) is 0 Å². The summed E-state index contributed by atoms with van der Waals surface area (Å²) in [5.74, 6) is 0.683. The summed E-state index contributed by atoms with van der Waals surface area (Å²) < 4.78 is 1.99. The van der Waals surface area contributed by atoms with E-state index >= 15 is 0 Å². The molecular formula is C16H25N3. The topological polar surface area (TPSA) is 29.9 Å². The normalized spacial score (nSPS) is 13.3. The molecule has 0 fully saturated rings. The molecule has 0 saturated carbocycles. The lowest BCUT2D eigenvalue weighted by molar-refractivity contribution is 0.452. The van der Waals surface area contributed by atoms with Gasteiger partial charge in [0.2, 0.25) is 0 Å². The van der Waals surface area contributed by atoms with Gasteiger partial charge in [-0.15, -0.1) is 0 Å². The van der Waals surface area contributed by atoms with Crippen molar-refractivity contribution in [3.63, 3.8) is 0 Å². The molecular weight excluding hydrogens is 234 g/mol. The molecule has 0 bridgehead atoms. The Morgan fingerprint density at radius 2 is 1.95 bits per heavy atom. The molecule has 0 aliphatic carbocycles. The molecule has 1 atom stereocenters. The molecule has 0 radical (unpaired) electrons. The Labute approximate surface area is 116 Å². The van der Waals surface area contributed by atoms with E-state index < -0.39 is 0 Å². The first-order valence-electron chi connectivity index (χ1n) is 7.22. The predicted octanol–water partition coefficient (Wildman–Crippen LogP) is 3.14. The van der Waals surface area contributed by atoms with Crippen molar-refractivity contribution in [1.82, 2.24) is 15.1 Å². The Kier molecular flexibility index (Phi) is 4.59. The molecule has 1 N–H and O–H groups in total. The summed E-state index contributed by atoms with van der Waals surface area (Å²) in [5, 5.41) is 9.45. The quantitative estimate of drug-likeness (QED) is 0.863. The van der Waals surface area contributed by atoms with Gasteiger partial charge in [0.25, 0.3) is 0 Å². The van der Waals surface area contributed by atoms with Crippen molar-refractivity contribution >= 4 is 10.9 Å². The molecule has 1 heterocycles. The number of fused-ring (bicyclic) bond motifs is 1. The smallest absolute Gasteiger partial charge is 0.0703 e. The van der Waals surface area contributed by atoms with Gasteiger partial charge in [0.1, 0.15) is 0 Å². The number of nitrogens with zero attached hydrogens (tertiary/aromatic N) is 2. The van der Waals surface area contributed by atoms with Gasteiger partial charge in [-0.05, 0) is 31.4 Å². The van der Waals surface area contributed by atoms with Crippen LogP contribution in [0.15, 0.2) is 24.3 Å². The summed E-state index contributed by atoms with van der Waals surface area (Å²) >= 11 is 0. The average molecular weight is 259 g/mol. The van der Waals surface area contributed by atoms with Crippen LogP contribution < -0.4 is 5.32 Å². The second kappa shape index (κ2) is 6.20. The Hall–Kier alpha value is -1.35. The molecule has 0 spiro atoms. The van der Waals surface area contributed by atoms with Gasteiger partial charge in [-0.2, -0.15) is 5.10 Å².